The van der Waals surface area contributed by atoms with Crippen LogP contribution in [-0.2, 0) is 4.74 Å². The third-order valence-electron chi connectivity index (χ3n) is 2.14. The van der Waals surface area contributed by atoms with Gasteiger partial charge in [-0.2, -0.15) is 0 Å². The summed E-state index contributed by atoms with van der Waals surface area (Å²) in [4.78, 5) is 15.8. The van der Waals surface area contributed by atoms with Crippen LogP contribution in [0, 0.1) is 0 Å². The summed E-state index contributed by atoms with van der Waals surface area (Å²) in [7, 11) is 0. The van der Waals surface area contributed by atoms with Crippen molar-refractivity contribution in [1.82, 2.24) is 15.2 Å². The van der Waals surface area contributed by atoms with Gasteiger partial charge in [0.1, 0.15) is 12.0 Å². The summed E-state index contributed by atoms with van der Waals surface area (Å²) in [6, 6.07) is 9.33. The fourth-order valence-corrected chi connectivity index (χ4v) is 1.42. The Labute approximate surface area is 98.5 Å². The fraction of sp³-hybridized carbons (Fsp3) is 0.167. The van der Waals surface area contributed by atoms with E-state index in [1.807, 2.05) is 30.3 Å². The highest BCUT2D eigenvalue weighted by molar-refractivity contribution is 5.93. The van der Waals surface area contributed by atoms with Crippen molar-refractivity contribution in [3.8, 4) is 11.3 Å². The lowest BCUT2D eigenvalue weighted by Gasteiger charge is -2.05. The molecule has 17 heavy (non-hydrogen) atoms. The zero-order valence-electron chi connectivity index (χ0n) is 9.33. The molecule has 0 bridgehead atoms. The lowest BCUT2D eigenvalue weighted by Crippen LogP contribution is -2.11. The molecule has 1 heterocycles. The number of aromatic nitrogens is 3. The average Bonchev–Trinajstić information content (AvgIpc) is 2.40. The SMILES string of the molecule is CCOC(=O)c1nncnc1-c1ccccc1. The van der Waals surface area contributed by atoms with Crippen molar-refractivity contribution in [3.05, 3.63) is 42.4 Å². The summed E-state index contributed by atoms with van der Waals surface area (Å²) in [6.07, 6.45) is 1.31. The Bertz CT molecular complexity index is 514. The van der Waals surface area contributed by atoms with E-state index >= 15 is 0 Å². The molecule has 0 atom stereocenters. The van der Waals surface area contributed by atoms with Gasteiger partial charge in [0.15, 0.2) is 5.69 Å². The predicted molar refractivity (Wildman–Crippen MR) is 61.2 cm³/mol. The van der Waals surface area contributed by atoms with Gasteiger partial charge in [0.05, 0.1) is 6.61 Å². The Hall–Kier alpha value is -2.30. The van der Waals surface area contributed by atoms with E-state index in [4.69, 9.17) is 4.74 Å². The van der Waals surface area contributed by atoms with Crippen molar-refractivity contribution in [3.63, 3.8) is 0 Å². The van der Waals surface area contributed by atoms with E-state index in [0.29, 0.717) is 12.3 Å². The van der Waals surface area contributed by atoms with Crippen LogP contribution in [0.4, 0.5) is 0 Å². The first-order valence-corrected chi connectivity index (χ1v) is 5.23. The molecule has 0 N–H and O–H groups in total. The molecule has 0 aliphatic rings. The minimum absolute atomic E-state index is 0.139. The van der Waals surface area contributed by atoms with Crippen LogP contribution in [0.25, 0.3) is 11.3 Å². The molecule has 0 spiro atoms. The molecule has 2 aromatic rings. The van der Waals surface area contributed by atoms with Gasteiger partial charge in [0.25, 0.3) is 0 Å². The van der Waals surface area contributed by atoms with Crippen molar-refractivity contribution < 1.29 is 9.53 Å². The van der Waals surface area contributed by atoms with Crippen LogP contribution in [0.5, 0.6) is 0 Å². The number of esters is 1. The van der Waals surface area contributed by atoms with E-state index in [-0.39, 0.29) is 5.69 Å². The number of carbonyl (C=O) groups excluding carboxylic acids is 1. The average molecular weight is 229 g/mol. The zero-order valence-corrected chi connectivity index (χ0v) is 9.33. The van der Waals surface area contributed by atoms with E-state index in [0.717, 1.165) is 5.56 Å². The Kier molecular flexibility index (Phi) is 3.40. The van der Waals surface area contributed by atoms with E-state index < -0.39 is 5.97 Å². The third-order valence-corrected chi connectivity index (χ3v) is 2.14. The molecular formula is C12H11N3O2. The Morgan fingerprint density at radius 3 is 2.76 bits per heavy atom. The van der Waals surface area contributed by atoms with E-state index in [1.165, 1.54) is 6.33 Å². The van der Waals surface area contributed by atoms with Crippen molar-refractivity contribution >= 4 is 5.97 Å². The maximum Gasteiger partial charge on any atom is 0.361 e. The monoisotopic (exact) mass is 229 g/mol. The Balaban J connectivity index is 2.45. The summed E-state index contributed by atoms with van der Waals surface area (Å²) in [6.45, 7) is 2.04. The van der Waals surface area contributed by atoms with Gasteiger partial charge in [-0.05, 0) is 6.92 Å². The number of carbonyl (C=O) groups is 1. The van der Waals surface area contributed by atoms with Gasteiger partial charge in [-0.15, -0.1) is 10.2 Å². The maximum absolute atomic E-state index is 11.7. The smallest absolute Gasteiger partial charge is 0.361 e. The summed E-state index contributed by atoms with van der Waals surface area (Å²) in [5.41, 5.74) is 1.44. The van der Waals surface area contributed by atoms with Gasteiger partial charge < -0.3 is 4.74 Å². The third kappa shape index (κ3) is 2.44. The molecule has 2 rings (SSSR count). The van der Waals surface area contributed by atoms with Crippen molar-refractivity contribution in [2.75, 3.05) is 6.61 Å². The summed E-state index contributed by atoms with van der Waals surface area (Å²) in [5, 5.41) is 7.40. The molecule has 86 valence electrons. The summed E-state index contributed by atoms with van der Waals surface area (Å²) in [5.74, 6) is -0.507. The lowest BCUT2D eigenvalue weighted by atomic mass is 10.1. The number of hydrogen-bond acceptors (Lipinski definition) is 5. The minimum Gasteiger partial charge on any atom is -0.461 e. The second-order valence-electron chi connectivity index (χ2n) is 3.24. The topological polar surface area (TPSA) is 65.0 Å². The van der Waals surface area contributed by atoms with Gasteiger partial charge in [-0.3, -0.25) is 0 Å². The van der Waals surface area contributed by atoms with Gasteiger partial charge in [-0.25, -0.2) is 9.78 Å². The van der Waals surface area contributed by atoms with Crippen LogP contribution in [-0.4, -0.2) is 27.8 Å². The molecular weight excluding hydrogens is 218 g/mol. The van der Waals surface area contributed by atoms with Crippen molar-refractivity contribution in [2.45, 2.75) is 6.92 Å². The highest BCUT2D eigenvalue weighted by Crippen LogP contribution is 2.18. The second kappa shape index (κ2) is 5.16. The van der Waals surface area contributed by atoms with E-state index in [9.17, 15) is 4.79 Å². The number of nitrogens with zero attached hydrogens (tertiary/aromatic N) is 3. The zero-order chi connectivity index (χ0) is 12.1. The molecule has 0 aliphatic heterocycles. The molecule has 5 heteroatoms. The molecule has 5 nitrogen and oxygen atoms in total. The molecule has 0 unspecified atom stereocenters. The Morgan fingerprint density at radius 2 is 2.06 bits per heavy atom. The second-order valence-corrected chi connectivity index (χ2v) is 3.24. The van der Waals surface area contributed by atoms with Crippen LogP contribution in [0.15, 0.2) is 36.7 Å². The standard InChI is InChI=1S/C12H11N3O2/c1-2-17-12(16)11-10(13-8-14-15-11)9-6-4-3-5-7-9/h3-8H,2H2,1H3. The molecule has 0 radical (unpaired) electrons. The highest BCUT2D eigenvalue weighted by Gasteiger charge is 2.17. The van der Waals surface area contributed by atoms with Gasteiger partial charge >= 0.3 is 5.97 Å². The van der Waals surface area contributed by atoms with Gasteiger partial charge in [0.2, 0.25) is 0 Å². The summed E-state index contributed by atoms with van der Waals surface area (Å²) < 4.78 is 4.91. The lowest BCUT2D eigenvalue weighted by molar-refractivity contribution is 0.0518. The number of rotatable bonds is 3. The van der Waals surface area contributed by atoms with Crippen molar-refractivity contribution in [1.29, 1.82) is 0 Å². The first-order chi connectivity index (χ1) is 8.33. The van der Waals surface area contributed by atoms with E-state index in [2.05, 4.69) is 15.2 Å². The quantitative estimate of drug-likeness (QED) is 0.750. The van der Waals surface area contributed by atoms with E-state index in [1.54, 1.807) is 6.92 Å². The number of ether oxygens (including phenoxy) is 1. The fourth-order valence-electron chi connectivity index (χ4n) is 1.42. The summed E-state index contributed by atoms with van der Waals surface area (Å²) >= 11 is 0. The van der Waals surface area contributed by atoms with Gasteiger partial charge in [0, 0.05) is 5.56 Å². The van der Waals surface area contributed by atoms with Gasteiger partial charge in [-0.1, -0.05) is 30.3 Å². The maximum atomic E-state index is 11.7. The molecule has 0 saturated carbocycles. The molecule has 0 fully saturated rings. The molecule has 1 aromatic carbocycles. The minimum atomic E-state index is -0.507. The Morgan fingerprint density at radius 1 is 1.29 bits per heavy atom. The molecule has 1 aromatic heterocycles. The molecule has 0 saturated heterocycles. The predicted octanol–water partition coefficient (Wildman–Crippen LogP) is 1.72. The van der Waals surface area contributed by atoms with Crippen LogP contribution < -0.4 is 0 Å². The number of benzene rings is 1. The normalized spacial score (nSPS) is 9.94. The first-order valence-electron chi connectivity index (χ1n) is 5.23. The van der Waals surface area contributed by atoms with Crippen LogP contribution in [0.1, 0.15) is 17.4 Å². The number of hydrogen-bond donors (Lipinski definition) is 0. The molecule has 0 aliphatic carbocycles. The van der Waals surface area contributed by atoms with Crippen LogP contribution >= 0.6 is 0 Å². The van der Waals surface area contributed by atoms with Crippen molar-refractivity contribution in [2.24, 2.45) is 0 Å². The van der Waals surface area contributed by atoms with Crippen LogP contribution in [0.2, 0.25) is 0 Å². The largest absolute Gasteiger partial charge is 0.461 e. The first kappa shape index (κ1) is 11.2. The highest BCUT2D eigenvalue weighted by atomic mass is 16.5. The molecule has 0 amide bonds. The van der Waals surface area contributed by atoms with Crippen LogP contribution in [0.3, 0.4) is 0 Å².